The van der Waals surface area contributed by atoms with E-state index < -0.39 is 0 Å². The molecule has 0 radical (unpaired) electrons. The SMILES string of the molecule is CCCCCOCCCCC.CSc1ccccc1. The molecule has 0 amide bonds. The van der Waals surface area contributed by atoms with Gasteiger partial charge in [0.15, 0.2) is 0 Å². The maximum absolute atomic E-state index is 5.44. The Kier molecular flexibility index (Phi) is 15.2. The van der Waals surface area contributed by atoms with Crippen LogP contribution in [-0.4, -0.2) is 19.5 Å². The van der Waals surface area contributed by atoms with Gasteiger partial charge in [-0.1, -0.05) is 57.7 Å². The van der Waals surface area contributed by atoms with Crippen molar-refractivity contribution in [1.82, 2.24) is 0 Å². The molecule has 19 heavy (non-hydrogen) atoms. The van der Waals surface area contributed by atoms with Gasteiger partial charge in [-0.3, -0.25) is 0 Å². The Hall–Kier alpha value is -0.470. The van der Waals surface area contributed by atoms with E-state index >= 15 is 0 Å². The van der Waals surface area contributed by atoms with Crippen LogP contribution < -0.4 is 0 Å². The van der Waals surface area contributed by atoms with Crippen molar-refractivity contribution in [1.29, 1.82) is 0 Å². The zero-order valence-corrected chi connectivity index (χ0v) is 13.7. The molecule has 0 fully saturated rings. The highest BCUT2D eigenvalue weighted by Crippen LogP contribution is 2.11. The molecule has 1 aromatic rings. The Balaban J connectivity index is 0.000000356. The zero-order valence-electron chi connectivity index (χ0n) is 12.9. The van der Waals surface area contributed by atoms with Crippen molar-refractivity contribution in [2.75, 3.05) is 19.5 Å². The summed E-state index contributed by atoms with van der Waals surface area (Å²) < 4.78 is 5.44. The number of ether oxygens (including phenoxy) is 1. The number of thioether (sulfide) groups is 1. The lowest BCUT2D eigenvalue weighted by molar-refractivity contribution is 0.126. The average molecular weight is 282 g/mol. The Bertz CT molecular complexity index is 253. The van der Waals surface area contributed by atoms with E-state index in [1.54, 1.807) is 11.8 Å². The smallest absolute Gasteiger partial charge is 0.0466 e. The molecule has 0 saturated heterocycles. The van der Waals surface area contributed by atoms with Crippen LogP contribution in [0.2, 0.25) is 0 Å². The average Bonchev–Trinajstić information content (AvgIpc) is 2.48. The second kappa shape index (κ2) is 15.6. The first-order valence-corrected chi connectivity index (χ1v) is 8.74. The van der Waals surface area contributed by atoms with E-state index in [2.05, 4.69) is 32.2 Å². The molecule has 1 rings (SSSR count). The van der Waals surface area contributed by atoms with Gasteiger partial charge in [0.2, 0.25) is 0 Å². The van der Waals surface area contributed by atoms with Crippen LogP contribution in [-0.2, 0) is 4.74 Å². The summed E-state index contributed by atoms with van der Waals surface area (Å²) in [6.45, 7) is 6.38. The molecule has 0 atom stereocenters. The maximum atomic E-state index is 5.44. The molecule has 0 aromatic heterocycles. The summed E-state index contributed by atoms with van der Waals surface area (Å²) in [5.41, 5.74) is 0. The predicted molar refractivity (Wildman–Crippen MR) is 88.1 cm³/mol. The standard InChI is InChI=1S/C10H22O.C7H8S/c1-3-5-7-9-11-10-8-6-4-2;1-8-7-5-3-2-4-6-7/h3-10H2,1-2H3;2-6H,1H3. The van der Waals surface area contributed by atoms with Crippen molar-refractivity contribution >= 4 is 11.8 Å². The summed E-state index contributed by atoms with van der Waals surface area (Å²) in [5.74, 6) is 0. The molecule has 0 heterocycles. The molecule has 0 bridgehead atoms. The minimum atomic E-state index is 0.970. The summed E-state index contributed by atoms with van der Waals surface area (Å²) >= 11 is 1.77. The summed E-state index contributed by atoms with van der Waals surface area (Å²) in [5, 5.41) is 0. The lowest BCUT2D eigenvalue weighted by Crippen LogP contribution is -1.96. The highest BCUT2D eigenvalue weighted by atomic mass is 32.2. The Morgan fingerprint density at radius 1 is 0.842 bits per heavy atom. The van der Waals surface area contributed by atoms with E-state index in [9.17, 15) is 0 Å². The fraction of sp³-hybridized carbons (Fsp3) is 0.647. The minimum Gasteiger partial charge on any atom is -0.381 e. The molecular formula is C17H30OS. The van der Waals surface area contributed by atoms with E-state index in [1.807, 2.05) is 18.2 Å². The normalized spacial score (nSPS) is 9.84. The third-order valence-electron chi connectivity index (χ3n) is 2.76. The number of hydrogen-bond donors (Lipinski definition) is 0. The van der Waals surface area contributed by atoms with E-state index in [0.717, 1.165) is 13.2 Å². The van der Waals surface area contributed by atoms with Crippen LogP contribution in [0.5, 0.6) is 0 Å². The van der Waals surface area contributed by atoms with E-state index in [1.165, 1.54) is 43.4 Å². The molecule has 1 nitrogen and oxygen atoms in total. The van der Waals surface area contributed by atoms with E-state index in [4.69, 9.17) is 4.74 Å². The van der Waals surface area contributed by atoms with Gasteiger partial charge in [-0.2, -0.15) is 0 Å². The van der Waals surface area contributed by atoms with Crippen molar-refractivity contribution in [2.24, 2.45) is 0 Å². The van der Waals surface area contributed by atoms with Crippen molar-refractivity contribution in [3.63, 3.8) is 0 Å². The van der Waals surface area contributed by atoms with Gasteiger partial charge in [-0.05, 0) is 31.2 Å². The van der Waals surface area contributed by atoms with Gasteiger partial charge in [0.05, 0.1) is 0 Å². The highest BCUT2D eigenvalue weighted by molar-refractivity contribution is 7.98. The summed E-state index contributed by atoms with van der Waals surface area (Å²) in [6, 6.07) is 10.3. The topological polar surface area (TPSA) is 9.23 Å². The molecule has 110 valence electrons. The van der Waals surface area contributed by atoms with Gasteiger partial charge in [0.25, 0.3) is 0 Å². The van der Waals surface area contributed by atoms with Gasteiger partial charge < -0.3 is 4.74 Å². The molecule has 0 N–H and O–H groups in total. The van der Waals surface area contributed by atoms with E-state index in [-0.39, 0.29) is 0 Å². The third kappa shape index (κ3) is 13.8. The van der Waals surface area contributed by atoms with Crippen LogP contribution in [0.1, 0.15) is 52.4 Å². The monoisotopic (exact) mass is 282 g/mol. The van der Waals surface area contributed by atoms with Crippen LogP contribution in [0.4, 0.5) is 0 Å². The van der Waals surface area contributed by atoms with Gasteiger partial charge in [0, 0.05) is 18.1 Å². The summed E-state index contributed by atoms with van der Waals surface area (Å²) in [7, 11) is 0. The lowest BCUT2D eigenvalue weighted by Gasteiger charge is -2.01. The molecule has 0 aliphatic heterocycles. The third-order valence-corrected chi connectivity index (χ3v) is 3.51. The number of hydrogen-bond acceptors (Lipinski definition) is 2. The quantitative estimate of drug-likeness (QED) is 0.418. The summed E-state index contributed by atoms with van der Waals surface area (Å²) in [4.78, 5) is 1.33. The largest absolute Gasteiger partial charge is 0.381 e. The molecular weight excluding hydrogens is 252 g/mol. The fourth-order valence-electron chi connectivity index (χ4n) is 1.57. The Morgan fingerprint density at radius 2 is 1.37 bits per heavy atom. The van der Waals surface area contributed by atoms with Crippen LogP contribution in [0, 0.1) is 0 Å². The molecule has 0 unspecified atom stereocenters. The Labute approximate surface area is 124 Å². The zero-order chi connectivity index (χ0) is 14.2. The molecule has 0 aliphatic rings. The maximum Gasteiger partial charge on any atom is 0.0466 e. The molecule has 0 spiro atoms. The molecule has 1 aromatic carbocycles. The minimum absolute atomic E-state index is 0.970. The van der Waals surface area contributed by atoms with Crippen LogP contribution >= 0.6 is 11.8 Å². The highest BCUT2D eigenvalue weighted by Gasteiger charge is 1.88. The lowest BCUT2D eigenvalue weighted by atomic mass is 10.2. The van der Waals surface area contributed by atoms with Crippen LogP contribution in [0.15, 0.2) is 35.2 Å². The first-order valence-electron chi connectivity index (χ1n) is 7.51. The first-order chi connectivity index (χ1) is 9.35. The van der Waals surface area contributed by atoms with Crippen LogP contribution in [0.25, 0.3) is 0 Å². The molecule has 2 heteroatoms. The second-order valence-corrected chi connectivity index (χ2v) is 5.42. The first kappa shape index (κ1) is 18.5. The van der Waals surface area contributed by atoms with Crippen molar-refractivity contribution in [3.8, 4) is 0 Å². The van der Waals surface area contributed by atoms with Gasteiger partial charge in [-0.15, -0.1) is 11.8 Å². The predicted octanol–water partition coefficient (Wildman–Crippen LogP) is 5.79. The fourth-order valence-corrected chi connectivity index (χ4v) is 2.00. The number of benzene rings is 1. The number of rotatable bonds is 9. The number of unbranched alkanes of at least 4 members (excludes halogenated alkanes) is 4. The van der Waals surface area contributed by atoms with Gasteiger partial charge in [0.1, 0.15) is 0 Å². The second-order valence-electron chi connectivity index (χ2n) is 4.54. The van der Waals surface area contributed by atoms with Crippen molar-refractivity contribution < 1.29 is 4.74 Å². The molecule has 0 aliphatic carbocycles. The van der Waals surface area contributed by atoms with Crippen molar-refractivity contribution in [3.05, 3.63) is 30.3 Å². The van der Waals surface area contributed by atoms with Gasteiger partial charge >= 0.3 is 0 Å². The van der Waals surface area contributed by atoms with Crippen LogP contribution in [0.3, 0.4) is 0 Å². The van der Waals surface area contributed by atoms with Crippen molar-refractivity contribution in [2.45, 2.75) is 57.3 Å². The van der Waals surface area contributed by atoms with Gasteiger partial charge in [-0.25, -0.2) is 0 Å². The summed E-state index contributed by atoms with van der Waals surface area (Å²) in [6.07, 6.45) is 9.76. The molecule has 0 saturated carbocycles. The van der Waals surface area contributed by atoms with E-state index in [0.29, 0.717) is 0 Å². The Morgan fingerprint density at radius 3 is 1.74 bits per heavy atom.